The molecule has 0 amide bonds. The van der Waals surface area contributed by atoms with Crippen LogP contribution in [0.5, 0.6) is 0 Å². The van der Waals surface area contributed by atoms with Crippen LogP contribution in [0.1, 0.15) is 22.3 Å². The molecule has 2 aliphatic carbocycles. The summed E-state index contributed by atoms with van der Waals surface area (Å²) in [6, 6.07) is 67.2. The first-order valence-corrected chi connectivity index (χ1v) is 19.1. The summed E-state index contributed by atoms with van der Waals surface area (Å²) in [6.45, 7) is 0. The van der Waals surface area contributed by atoms with Crippen LogP contribution in [0.15, 0.2) is 188 Å². The lowest BCUT2D eigenvalue weighted by atomic mass is 9.70. The Morgan fingerprint density at radius 1 is 0.333 bits per heavy atom. The molecule has 3 nitrogen and oxygen atoms in total. The van der Waals surface area contributed by atoms with Gasteiger partial charge in [0.15, 0.2) is 17.5 Å². The van der Waals surface area contributed by atoms with Crippen molar-refractivity contribution in [2.75, 3.05) is 0 Å². The van der Waals surface area contributed by atoms with E-state index in [1.54, 1.807) is 0 Å². The normalized spacial score (nSPS) is 14.7. The van der Waals surface area contributed by atoms with Crippen molar-refractivity contribution in [2.45, 2.75) is 5.41 Å². The Bertz CT molecular complexity index is 2810. The number of hydrogen-bond acceptors (Lipinski definition) is 4. The molecule has 0 saturated carbocycles. The topological polar surface area (TPSA) is 38.7 Å². The Hall–Kier alpha value is -6.75. The van der Waals surface area contributed by atoms with Gasteiger partial charge in [0.25, 0.3) is 0 Å². The smallest absolute Gasteiger partial charge is 0.164 e. The number of aromatic nitrogens is 3. The third-order valence-electron chi connectivity index (χ3n) is 11.0. The lowest BCUT2D eigenvalue weighted by molar-refractivity contribution is 0.798. The Balaban J connectivity index is 1.23. The maximum atomic E-state index is 5.17. The third-order valence-corrected chi connectivity index (χ3v) is 12.2. The van der Waals surface area contributed by atoms with Crippen molar-refractivity contribution in [3.8, 4) is 77.3 Å². The fourth-order valence-electron chi connectivity index (χ4n) is 8.71. The number of rotatable bonds is 5. The summed E-state index contributed by atoms with van der Waals surface area (Å²) in [4.78, 5) is 17.9. The summed E-state index contributed by atoms with van der Waals surface area (Å²) in [5.41, 5.74) is 15.1. The van der Waals surface area contributed by atoms with Gasteiger partial charge in [-0.25, -0.2) is 15.0 Å². The lowest BCUT2D eigenvalue weighted by Gasteiger charge is -2.31. The molecule has 2 heterocycles. The van der Waals surface area contributed by atoms with E-state index in [0.717, 1.165) is 16.7 Å². The largest absolute Gasteiger partial charge is 0.208 e. The van der Waals surface area contributed by atoms with Crippen LogP contribution in [0.25, 0.3) is 77.3 Å². The van der Waals surface area contributed by atoms with Crippen LogP contribution in [-0.4, -0.2) is 15.0 Å². The molecular formula is C50H31N3S. The van der Waals surface area contributed by atoms with E-state index in [4.69, 9.17) is 15.0 Å². The number of nitrogens with zero attached hydrogens (tertiary/aromatic N) is 3. The molecule has 0 aliphatic heterocycles. The molecule has 1 atom stereocenters. The molecule has 0 radical (unpaired) electrons. The molecule has 0 fully saturated rings. The molecule has 0 bridgehead atoms. The number of thiophene rings is 1. The first-order chi connectivity index (χ1) is 26.8. The Morgan fingerprint density at radius 2 is 0.759 bits per heavy atom. The molecule has 9 aromatic rings. The van der Waals surface area contributed by atoms with Crippen molar-refractivity contribution in [1.29, 1.82) is 0 Å². The van der Waals surface area contributed by atoms with Crippen LogP contribution in [0, 0.1) is 0 Å². The second kappa shape index (κ2) is 12.2. The zero-order chi connectivity index (χ0) is 35.6. The van der Waals surface area contributed by atoms with Crippen molar-refractivity contribution >= 4 is 11.3 Å². The lowest BCUT2D eigenvalue weighted by Crippen LogP contribution is -2.26. The fraction of sp³-hybridized carbons (Fsp3) is 0.0200. The first kappa shape index (κ1) is 30.8. The number of fused-ring (bicyclic) bond motifs is 10. The van der Waals surface area contributed by atoms with E-state index in [2.05, 4.69) is 152 Å². The summed E-state index contributed by atoms with van der Waals surface area (Å²) in [7, 11) is 0. The van der Waals surface area contributed by atoms with Crippen molar-refractivity contribution in [1.82, 2.24) is 15.0 Å². The predicted octanol–water partition coefficient (Wildman–Crippen LogP) is 12.6. The Kier molecular flexibility index (Phi) is 6.94. The van der Waals surface area contributed by atoms with Gasteiger partial charge in [-0.3, -0.25) is 0 Å². The van der Waals surface area contributed by atoms with Crippen LogP contribution in [0.2, 0.25) is 0 Å². The molecule has 4 heteroatoms. The molecule has 7 aromatic carbocycles. The minimum atomic E-state index is -0.555. The third kappa shape index (κ3) is 4.50. The van der Waals surface area contributed by atoms with Gasteiger partial charge < -0.3 is 0 Å². The Morgan fingerprint density at radius 3 is 1.33 bits per heavy atom. The van der Waals surface area contributed by atoms with Crippen LogP contribution < -0.4 is 0 Å². The van der Waals surface area contributed by atoms with Gasteiger partial charge in [0.2, 0.25) is 0 Å². The zero-order valence-corrected chi connectivity index (χ0v) is 30.0. The SMILES string of the molecule is c1ccc(-c2nc(-c3ccccc3)nc(-c3ccc4c(c3)C3(c5ccccc5-4)c4ccccc4-c4c(-c5ccccc5)sc(-c5ccccc5)c43)n2)cc1. The van der Waals surface area contributed by atoms with Gasteiger partial charge in [-0.05, 0) is 56.1 Å². The van der Waals surface area contributed by atoms with E-state index < -0.39 is 5.41 Å². The summed E-state index contributed by atoms with van der Waals surface area (Å²) < 4.78 is 0. The first-order valence-electron chi connectivity index (χ1n) is 18.3. The molecular weight excluding hydrogens is 675 g/mol. The quantitative estimate of drug-likeness (QED) is 0.179. The molecule has 54 heavy (non-hydrogen) atoms. The predicted molar refractivity (Wildman–Crippen MR) is 221 cm³/mol. The van der Waals surface area contributed by atoms with Crippen molar-refractivity contribution < 1.29 is 0 Å². The van der Waals surface area contributed by atoms with Gasteiger partial charge in [0.05, 0.1) is 5.41 Å². The molecule has 0 N–H and O–H groups in total. The van der Waals surface area contributed by atoms with Crippen molar-refractivity contribution in [3.05, 3.63) is 210 Å². The molecule has 11 rings (SSSR count). The average Bonchev–Trinajstić information content (AvgIpc) is 3.89. The number of benzene rings is 7. The summed E-state index contributed by atoms with van der Waals surface area (Å²) in [6.07, 6.45) is 0. The monoisotopic (exact) mass is 705 g/mol. The average molecular weight is 706 g/mol. The standard InChI is InChI=1S/C50H31N3S/c1-5-17-32(18-6-1)45-43-39-26-14-16-28-41(39)50(44(43)46(54-45)33-19-7-2-8-20-33)40-27-15-13-25-37(40)38-30-29-36(31-42(38)50)49-52-47(34-21-9-3-10-22-34)51-48(53-49)35-23-11-4-12-24-35/h1-31H. The minimum absolute atomic E-state index is 0.555. The maximum absolute atomic E-state index is 5.17. The van der Waals surface area contributed by atoms with Crippen molar-refractivity contribution in [3.63, 3.8) is 0 Å². The van der Waals surface area contributed by atoms with Crippen LogP contribution >= 0.6 is 11.3 Å². The van der Waals surface area contributed by atoms with Crippen LogP contribution in [0.3, 0.4) is 0 Å². The fourth-order valence-corrected chi connectivity index (χ4v) is 10.1. The van der Waals surface area contributed by atoms with Gasteiger partial charge in [-0.1, -0.05) is 182 Å². The number of hydrogen-bond donors (Lipinski definition) is 0. The minimum Gasteiger partial charge on any atom is -0.208 e. The van der Waals surface area contributed by atoms with Crippen LogP contribution in [0.4, 0.5) is 0 Å². The molecule has 252 valence electrons. The van der Waals surface area contributed by atoms with E-state index >= 15 is 0 Å². The molecule has 1 spiro atoms. The highest BCUT2D eigenvalue weighted by Crippen LogP contribution is 2.68. The van der Waals surface area contributed by atoms with E-state index in [1.807, 2.05) is 47.7 Å². The highest BCUT2D eigenvalue weighted by atomic mass is 32.1. The highest BCUT2D eigenvalue weighted by molar-refractivity contribution is 7.19. The van der Waals surface area contributed by atoms with Crippen molar-refractivity contribution in [2.24, 2.45) is 0 Å². The molecule has 2 aromatic heterocycles. The molecule has 2 aliphatic rings. The second-order valence-corrected chi connectivity index (χ2v) is 14.9. The van der Waals surface area contributed by atoms with Gasteiger partial charge in [0, 0.05) is 32.0 Å². The molecule has 0 saturated heterocycles. The van der Waals surface area contributed by atoms with E-state index in [9.17, 15) is 0 Å². The van der Waals surface area contributed by atoms with E-state index in [0.29, 0.717) is 17.5 Å². The van der Waals surface area contributed by atoms with Gasteiger partial charge in [-0.2, -0.15) is 0 Å². The summed E-state index contributed by atoms with van der Waals surface area (Å²) >= 11 is 1.91. The van der Waals surface area contributed by atoms with E-state index in [1.165, 1.54) is 65.4 Å². The molecule has 1 unspecified atom stereocenters. The van der Waals surface area contributed by atoms with Gasteiger partial charge >= 0.3 is 0 Å². The van der Waals surface area contributed by atoms with E-state index in [-0.39, 0.29) is 0 Å². The maximum Gasteiger partial charge on any atom is 0.164 e. The van der Waals surface area contributed by atoms with Gasteiger partial charge in [-0.15, -0.1) is 11.3 Å². The second-order valence-electron chi connectivity index (χ2n) is 13.9. The Labute approximate surface area is 318 Å². The summed E-state index contributed by atoms with van der Waals surface area (Å²) in [5.74, 6) is 1.97. The highest BCUT2D eigenvalue weighted by Gasteiger charge is 2.54. The van der Waals surface area contributed by atoms with Crippen LogP contribution in [-0.2, 0) is 5.41 Å². The zero-order valence-electron chi connectivity index (χ0n) is 29.1. The van der Waals surface area contributed by atoms with Gasteiger partial charge in [0.1, 0.15) is 0 Å². The summed E-state index contributed by atoms with van der Waals surface area (Å²) in [5, 5.41) is 0.